The van der Waals surface area contributed by atoms with Crippen LogP contribution in [0.3, 0.4) is 0 Å². The molecule has 2 aromatic rings. The Morgan fingerprint density at radius 2 is 2.06 bits per heavy atom. The number of hydrogen-bond donors (Lipinski definition) is 4. The number of carbonyl (C=O) groups is 3. The highest BCUT2D eigenvalue weighted by molar-refractivity contribution is 6.22. The van der Waals surface area contributed by atoms with E-state index < -0.39 is 11.5 Å². The minimum Gasteiger partial charge on any atom is -0.477 e. The standard InChI is InChI=1S/C26H30N6O4/c27-24(28)21-10-9-17(13-30-21)14-31-25(36)26(20-8-3-6-18-5-1-2-7-19(18)20)11-4-12-32(26)22(33)15-29-16-23(34)35/h1-2,5,7,9-10,13,16,20H,3-4,6,8,11-12,14-15H2,(H3,27,28)(H,31,36)(H,34,35)/t20?,26-/m1/s1. The normalized spacial score (nSPS) is 21.2. The van der Waals surface area contributed by atoms with Gasteiger partial charge in [-0.3, -0.25) is 25.0 Å². The van der Waals surface area contributed by atoms with E-state index in [2.05, 4.69) is 21.4 Å². The number of amidine groups is 1. The summed E-state index contributed by atoms with van der Waals surface area (Å²) >= 11 is 0. The van der Waals surface area contributed by atoms with E-state index in [1.807, 2.05) is 18.2 Å². The van der Waals surface area contributed by atoms with Crippen LogP contribution in [-0.4, -0.2) is 63.5 Å². The minimum absolute atomic E-state index is 0.133. The summed E-state index contributed by atoms with van der Waals surface area (Å²) in [4.78, 5) is 47.7. The number of rotatable bonds is 8. The van der Waals surface area contributed by atoms with Crippen LogP contribution in [0.5, 0.6) is 0 Å². The van der Waals surface area contributed by atoms with E-state index in [4.69, 9.17) is 16.2 Å². The Hall–Kier alpha value is -4.08. The van der Waals surface area contributed by atoms with Gasteiger partial charge in [-0.1, -0.05) is 30.3 Å². The van der Waals surface area contributed by atoms with Gasteiger partial charge in [-0.15, -0.1) is 0 Å². The number of carboxylic acid groups (broad SMARTS) is 1. The second-order valence-electron chi connectivity index (χ2n) is 9.17. The molecule has 36 heavy (non-hydrogen) atoms. The Balaban J connectivity index is 1.65. The zero-order valence-electron chi connectivity index (χ0n) is 19.9. The largest absolute Gasteiger partial charge is 0.477 e. The molecule has 1 aromatic heterocycles. The molecule has 2 atom stereocenters. The first-order valence-electron chi connectivity index (χ1n) is 12.0. The zero-order valence-corrected chi connectivity index (χ0v) is 19.9. The van der Waals surface area contributed by atoms with E-state index in [1.54, 1.807) is 23.2 Å². The summed E-state index contributed by atoms with van der Waals surface area (Å²) in [6.45, 7) is 0.286. The van der Waals surface area contributed by atoms with Crippen LogP contribution in [-0.2, 0) is 27.3 Å². The molecule has 10 heteroatoms. The van der Waals surface area contributed by atoms with Crippen molar-refractivity contribution in [1.29, 1.82) is 5.41 Å². The smallest absolute Gasteiger partial charge is 0.346 e. The van der Waals surface area contributed by atoms with E-state index >= 15 is 0 Å². The number of aromatic nitrogens is 1. The summed E-state index contributed by atoms with van der Waals surface area (Å²) in [5.41, 5.74) is 7.75. The quantitative estimate of drug-likeness (QED) is 0.325. The maximum Gasteiger partial charge on any atom is 0.346 e. The molecule has 5 N–H and O–H groups in total. The van der Waals surface area contributed by atoms with Gasteiger partial charge in [0.15, 0.2) is 0 Å². The number of pyridine rings is 1. The van der Waals surface area contributed by atoms with E-state index in [0.717, 1.165) is 30.4 Å². The molecule has 1 unspecified atom stereocenters. The van der Waals surface area contributed by atoms with E-state index in [1.165, 1.54) is 5.56 Å². The lowest BCUT2D eigenvalue weighted by Crippen LogP contribution is -2.61. The molecule has 1 aliphatic carbocycles. The van der Waals surface area contributed by atoms with Crippen LogP contribution in [0.1, 0.15) is 54.0 Å². The highest BCUT2D eigenvalue weighted by Gasteiger charge is 2.55. The Labute approximate surface area is 209 Å². The van der Waals surface area contributed by atoms with E-state index in [0.29, 0.717) is 31.3 Å². The number of aryl methyl sites for hydroxylation is 1. The predicted octanol–water partition coefficient (Wildman–Crippen LogP) is 1.62. The lowest BCUT2D eigenvalue weighted by atomic mass is 9.69. The van der Waals surface area contributed by atoms with Crippen molar-refractivity contribution in [3.05, 3.63) is 65.0 Å². The van der Waals surface area contributed by atoms with Crippen LogP contribution < -0.4 is 11.1 Å². The second-order valence-corrected chi connectivity index (χ2v) is 9.17. The van der Waals surface area contributed by atoms with Crippen LogP contribution in [0, 0.1) is 5.41 Å². The number of aliphatic carboxylic acids is 1. The van der Waals surface area contributed by atoms with Crippen LogP contribution in [0.4, 0.5) is 0 Å². The number of nitrogens with two attached hydrogens (primary N) is 1. The van der Waals surface area contributed by atoms with E-state index in [9.17, 15) is 14.4 Å². The average molecular weight is 491 g/mol. The predicted molar refractivity (Wildman–Crippen MR) is 134 cm³/mol. The molecule has 1 saturated heterocycles. The molecule has 1 fully saturated rings. The molecular formula is C26H30N6O4. The van der Waals surface area contributed by atoms with Crippen molar-refractivity contribution in [1.82, 2.24) is 15.2 Å². The SMILES string of the molecule is N=C(N)c1ccc(CNC(=O)[C@]2(C3CCCc4ccccc43)CCCN2C(=O)CN=CC(=O)O)cn1. The molecule has 4 rings (SSSR count). The monoisotopic (exact) mass is 490 g/mol. The highest BCUT2D eigenvalue weighted by atomic mass is 16.4. The number of carbonyl (C=O) groups excluding carboxylic acids is 2. The van der Waals surface area contributed by atoms with Crippen molar-refractivity contribution in [3.63, 3.8) is 0 Å². The lowest BCUT2D eigenvalue weighted by molar-refractivity contribution is -0.146. The van der Waals surface area contributed by atoms with Crippen molar-refractivity contribution >= 4 is 29.8 Å². The number of nitrogens with one attached hydrogen (secondary N) is 2. The molecule has 188 valence electrons. The van der Waals surface area contributed by atoms with Crippen LogP contribution in [0.2, 0.25) is 0 Å². The van der Waals surface area contributed by atoms with Gasteiger partial charge in [-0.05, 0) is 54.9 Å². The molecule has 0 radical (unpaired) electrons. The molecule has 2 heterocycles. The van der Waals surface area contributed by atoms with Gasteiger partial charge < -0.3 is 21.1 Å². The van der Waals surface area contributed by atoms with Gasteiger partial charge in [-0.25, -0.2) is 4.79 Å². The summed E-state index contributed by atoms with van der Waals surface area (Å²) in [6.07, 6.45) is 6.05. The average Bonchev–Trinajstić information content (AvgIpc) is 3.33. The molecule has 0 spiro atoms. The summed E-state index contributed by atoms with van der Waals surface area (Å²) in [6, 6.07) is 11.5. The topological polar surface area (TPSA) is 162 Å². The Bertz CT molecular complexity index is 1200. The summed E-state index contributed by atoms with van der Waals surface area (Å²) in [5, 5.41) is 19.4. The Morgan fingerprint density at radius 3 is 2.78 bits per heavy atom. The van der Waals surface area contributed by atoms with Crippen molar-refractivity contribution in [2.24, 2.45) is 10.7 Å². The van der Waals surface area contributed by atoms with Crippen molar-refractivity contribution in [2.45, 2.75) is 50.1 Å². The number of nitrogen functional groups attached to an aromatic ring is 1. The molecule has 10 nitrogen and oxygen atoms in total. The molecular weight excluding hydrogens is 460 g/mol. The number of benzene rings is 1. The summed E-state index contributed by atoms with van der Waals surface area (Å²) in [7, 11) is 0. The fourth-order valence-corrected chi connectivity index (χ4v) is 5.51. The number of likely N-dealkylation sites (tertiary alicyclic amines) is 1. The molecule has 2 amide bonds. The first-order valence-corrected chi connectivity index (χ1v) is 12.0. The highest BCUT2D eigenvalue weighted by Crippen LogP contribution is 2.47. The van der Waals surface area contributed by atoms with Crippen LogP contribution >= 0.6 is 0 Å². The molecule has 2 aliphatic rings. The van der Waals surface area contributed by atoms with Gasteiger partial charge in [0.2, 0.25) is 11.8 Å². The number of hydrogen-bond acceptors (Lipinski definition) is 6. The van der Waals surface area contributed by atoms with Crippen LogP contribution in [0.25, 0.3) is 0 Å². The van der Waals surface area contributed by atoms with E-state index in [-0.39, 0.29) is 36.7 Å². The zero-order chi connectivity index (χ0) is 25.7. The van der Waals surface area contributed by atoms with Gasteiger partial charge in [0.25, 0.3) is 0 Å². The Morgan fingerprint density at radius 1 is 1.25 bits per heavy atom. The number of fused-ring (bicyclic) bond motifs is 1. The second kappa shape index (κ2) is 10.7. The third-order valence-corrected chi connectivity index (χ3v) is 7.04. The fourth-order valence-electron chi connectivity index (χ4n) is 5.51. The van der Waals surface area contributed by atoms with Gasteiger partial charge in [0.1, 0.15) is 29.8 Å². The molecule has 0 saturated carbocycles. The first-order chi connectivity index (χ1) is 17.3. The first kappa shape index (κ1) is 25.0. The molecule has 0 bridgehead atoms. The Kier molecular flexibility index (Phi) is 7.42. The van der Waals surface area contributed by atoms with Crippen molar-refractivity contribution in [2.75, 3.05) is 13.1 Å². The number of aliphatic imine (C=N–C) groups is 1. The molecule has 1 aromatic carbocycles. The number of nitrogens with zero attached hydrogens (tertiary/aromatic N) is 3. The van der Waals surface area contributed by atoms with Gasteiger partial charge in [0, 0.05) is 25.2 Å². The fraction of sp³-hybridized carbons (Fsp3) is 0.385. The van der Waals surface area contributed by atoms with Crippen molar-refractivity contribution in [3.8, 4) is 0 Å². The maximum absolute atomic E-state index is 14.0. The minimum atomic E-state index is -1.22. The third kappa shape index (κ3) is 4.98. The summed E-state index contributed by atoms with van der Waals surface area (Å²) < 4.78 is 0. The number of amides is 2. The summed E-state index contributed by atoms with van der Waals surface area (Å²) in [5.74, 6) is -2.15. The van der Waals surface area contributed by atoms with Gasteiger partial charge in [-0.2, -0.15) is 0 Å². The van der Waals surface area contributed by atoms with Crippen molar-refractivity contribution < 1.29 is 19.5 Å². The van der Waals surface area contributed by atoms with Gasteiger partial charge >= 0.3 is 5.97 Å². The van der Waals surface area contributed by atoms with Gasteiger partial charge in [0.05, 0.1) is 0 Å². The lowest BCUT2D eigenvalue weighted by Gasteiger charge is -2.45. The van der Waals surface area contributed by atoms with Crippen LogP contribution in [0.15, 0.2) is 47.6 Å². The molecule has 1 aliphatic heterocycles. The third-order valence-electron chi connectivity index (χ3n) is 7.04. The maximum atomic E-state index is 14.0. The number of carboxylic acids is 1.